The maximum atomic E-state index is 11.7. The number of pyridine rings is 1. The van der Waals surface area contributed by atoms with Gasteiger partial charge < -0.3 is 20.5 Å². The van der Waals surface area contributed by atoms with Crippen molar-refractivity contribution in [3.8, 4) is 0 Å². The Morgan fingerprint density at radius 1 is 1.38 bits per heavy atom. The lowest BCUT2D eigenvalue weighted by atomic mass is 10.3. The number of aromatic carboxylic acids is 1. The van der Waals surface area contributed by atoms with E-state index in [1.807, 2.05) is 13.8 Å². The maximum Gasteiger partial charge on any atom is 0.356 e. The van der Waals surface area contributed by atoms with E-state index in [0.717, 1.165) is 12.8 Å². The van der Waals surface area contributed by atoms with E-state index in [-0.39, 0.29) is 17.5 Å². The lowest BCUT2D eigenvalue weighted by Gasteiger charge is -2.10. The van der Waals surface area contributed by atoms with Crippen molar-refractivity contribution < 1.29 is 19.4 Å². The largest absolute Gasteiger partial charge is 0.476 e. The van der Waals surface area contributed by atoms with Crippen LogP contribution in [0.3, 0.4) is 0 Å². The number of urea groups is 1. The van der Waals surface area contributed by atoms with Crippen molar-refractivity contribution in [2.45, 2.75) is 32.8 Å². The zero-order chi connectivity index (χ0) is 15.7. The number of hydrogen-bond donors (Lipinski definition) is 3. The number of nitrogens with one attached hydrogen (secondary N) is 2. The number of nitrogens with zero attached hydrogens (tertiary/aromatic N) is 1. The fourth-order valence-electron chi connectivity index (χ4n) is 1.59. The number of hydrogen-bond acceptors (Lipinski definition) is 4. The Balaban J connectivity index is 2.30. The van der Waals surface area contributed by atoms with Crippen LogP contribution in [-0.2, 0) is 4.74 Å². The Hall–Kier alpha value is -2.15. The minimum Gasteiger partial charge on any atom is -0.476 e. The molecule has 21 heavy (non-hydrogen) atoms. The highest BCUT2D eigenvalue weighted by Gasteiger charge is 2.12. The summed E-state index contributed by atoms with van der Waals surface area (Å²) in [4.78, 5) is 26.3. The highest BCUT2D eigenvalue weighted by molar-refractivity contribution is 5.98. The van der Waals surface area contributed by atoms with Crippen molar-refractivity contribution >= 4 is 17.7 Å². The molecule has 0 aliphatic carbocycles. The first-order valence-corrected chi connectivity index (χ1v) is 6.85. The molecule has 0 aromatic carbocycles. The standard InChI is InChI=1S/C14H21N3O4/c1-10(2)21-9-4-3-7-16-14(20)17-11-6-5-8-15-12(11)13(18)19/h5-6,8,10H,3-4,7,9H2,1-2H3,(H,18,19)(H2,16,17,20). The van der Waals surface area contributed by atoms with Crippen LogP contribution in [0.25, 0.3) is 0 Å². The quantitative estimate of drug-likeness (QED) is 0.638. The molecule has 0 aliphatic rings. The van der Waals surface area contributed by atoms with Gasteiger partial charge in [0.25, 0.3) is 0 Å². The van der Waals surface area contributed by atoms with Crippen LogP contribution in [0.15, 0.2) is 18.3 Å². The molecule has 1 aromatic rings. The summed E-state index contributed by atoms with van der Waals surface area (Å²) >= 11 is 0. The monoisotopic (exact) mass is 295 g/mol. The predicted molar refractivity (Wildman–Crippen MR) is 78.5 cm³/mol. The number of carbonyl (C=O) groups excluding carboxylic acids is 1. The summed E-state index contributed by atoms with van der Waals surface area (Å²) in [5, 5.41) is 14.1. The zero-order valence-corrected chi connectivity index (χ0v) is 12.3. The molecule has 0 spiro atoms. The molecule has 0 bridgehead atoms. The van der Waals surface area contributed by atoms with Crippen molar-refractivity contribution in [2.24, 2.45) is 0 Å². The second-order valence-corrected chi connectivity index (χ2v) is 4.71. The molecule has 116 valence electrons. The molecule has 0 atom stereocenters. The summed E-state index contributed by atoms with van der Waals surface area (Å²) in [6, 6.07) is 2.60. The van der Waals surface area contributed by atoms with Crippen molar-refractivity contribution in [3.63, 3.8) is 0 Å². The van der Waals surface area contributed by atoms with Gasteiger partial charge in [0.15, 0.2) is 5.69 Å². The van der Waals surface area contributed by atoms with Crippen LogP contribution in [0, 0.1) is 0 Å². The average molecular weight is 295 g/mol. The number of carbonyl (C=O) groups is 2. The molecule has 1 aromatic heterocycles. The van der Waals surface area contributed by atoms with E-state index in [1.165, 1.54) is 12.3 Å². The smallest absolute Gasteiger partial charge is 0.356 e. The number of rotatable bonds is 8. The minimum atomic E-state index is -1.18. The highest BCUT2D eigenvalue weighted by Crippen LogP contribution is 2.11. The Bertz CT molecular complexity index is 477. The molecular formula is C14H21N3O4. The van der Waals surface area contributed by atoms with E-state index in [2.05, 4.69) is 15.6 Å². The summed E-state index contributed by atoms with van der Waals surface area (Å²) in [6.07, 6.45) is 3.22. The molecule has 7 nitrogen and oxygen atoms in total. The van der Waals surface area contributed by atoms with Crippen LogP contribution in [0.5, 0.6) is 0 Å². The summed E-state index contributed by atoms with van der Waals surface area (Å²) in [5.74, 6) is -1.18. The molecule has 7 heteroatoms. The fourth-order valence-corrected chi connectivity index (χ4v) is 1.59. The van der Waals surface area contributed by atoms with E-state index in [0.29, 0.717) is 13.2 Å². The molecule has 0 saturated heterocycles. The molecule has 2 amide bonds. The number of ether oxygens (including phenoxy) is 1. The van der Waals surface area contributed by atoms with Gasteiger partial charge in [-0.25, -0.2) is 14.6 Å². The van der Waals surface area contributed by atoms with Crippen LogP contribution in [0.1, 0.15) is 37.2 Å². The fraction of sp³-hybridized carbons (Fsp3) is 0.500. The SMILES string of the molecule is CC(C)OCCCCNC(=O)Nc1cccnc1C(=O)O. The van der Waals surface area contributed by atoms with Gasteiger partial charge in [0, 0.05) is 19.3 Å². The van der Waals surface area contributed by atoms with Crippen LogP contribution < -0.4 is 10.6 Å². The molecule has 0 aliphatic heterocycles. The van der Waals surface area contributed by atoms with Gasteiger partial charge in [0.1, 0.15) is 0 Å². The van der Waals surface area contributed by atoms with E-state index < -0.39 is 12.0 Å². The van der Waals surface area contributed by atoms with E-state index >= 15 is 0 Å². The number of carboxylic acids is 1. The summed E-state index contributed by atoms with van der Waals surface area (Å²) < 4.78 is 5.38. The van der Waals surface area contributed by atoms with Crippen LogP contribution in [-0.4, -0.2) is 41.3 Å². The summed E-state index contributed by atoms with van der Waals surface area (Å²) in [7, 11) is 0. The lowest BCUT2D eigenvalue weighted by Crippen LogP contribution is -2.30. The van der Waals surface area contributed by atoms with Gasteiger partial charge in [0.05, 0.1) is 11.8 Å². The predicted octanol–water partition coefficient (Wildman–Crippen LogP) is 2.11. The van der Waals surface area contributed by atoms with Crippen molar-refractivity contribution in [3.05, 3.63) is 24.0 Å². The van der Waals surface area contributed by atoms with Gasteiger partial charge in [0.2, 0.25) is 0 Å². The molecule has 1 heterocycles. The van der Waals surface area contributed by atoms with Gasteiger partial charge in [-0.1, -0.05) is 0 Å². The number of aromatic nitrogens is 1. The summed E-state index contributed by atoms with van der Waals surface area (Å²) in [6.45, 7) is 5.10. The van der Waals surface area contributed by atoms with E-state index in [4.69, 9.17) is 9.84 Å². The molecule has 0 radical (unpaired) electrons. The summed E-state index contributed by atoms with van der Waals surface area (Å²) in [5.41, 5.74) is -0.0105. The van der Waals surface area contributed by atoms with E-state index in [1.54, 1.807) is 6.07 Å². The minimum absolute atomic E-state index is 0.172. The van der Waals surface area contributed by atoms with Crippen molar-refractivity contribution in [1.82, 2.24) is 10.3 Å². The number of anilines is 1. The Kier molecular flexibility index (Phi) is 7.17. The first-order valence-electron chi connectivity index (χ1n) is 6.85. The van der Waals surface area contributed by atoms with Gasteiger partial charge in [-0.2, -0.15) is 0 Å². The van der Waals surface area contributed by atoms with Gasteiger partial charge in [-0.05, 0) is 38.8 Å². The molecular weight excluding hydrogens is 274 g/mol. The number of carboxylic acid groups (broad SMARTS) is 1. The second kappa shape index (κ2) is 8.91. The Morgan fingerprint density at radius 2 is 2.14 bits per heavy atom. The first kappa shape index (κ1) is 16.9. The number of amides is 2. The molecule has 1 rings (SSSR count). The molecule has 0 fully saturated rings. The molecule has 3 N–H and O–H groups in total. The zero-order valence-electron chi connectivity index (χ0n) is 12.3. The third-order valence-electron chi connectivity index (χ3n) is 2.57. The second-order valence-electron chi connectivity index (χ2n) is 4.71. The van der Waals surface area contributed by atoms with Gasteiger partial charge in [-0.3, -0.25) is 0 Å². The first-order chi connectivity index (χ1) is 10.0. The molecule has 0 saturated carbocycles. The normalized spacial score (nSPS) is 10.4. The highest BCUT2D eigenvalue weighted by atomic mass is 16.5. The van der Waals surface area contributed by atoms with E-state index in [9.17, 15) is 9.59 Å². The third-order valence-corrected chi connectivity index (χ3v) is 2.57. The van der Waals surface area contributed by atoms with Crippen molar-refractivity contribution in [1.29, 1.82) is 0 Å². The van der Waals surface area contributed by atoms with Gasteiger partial charge in [-0.15, -0.1) is 0 Å². The Morgan fingerprint density at radius 3 is 2.81 bits per heavy atom. The maximum absolute atomic E-state index is 11.7. The van der Waals surface area contributed by atoms with Crippen LogP contribution >= 0.6 is 0 Å². The lowest BCUT2D eigenvalue weighted by molar-refractivity contribution is 0.0691. The number of unbranched alkanes of at least 4 members (excludes halogenated alkanes) is 1. The molecule has 0 unspecified atom stereocenters. The topological polar surface area (TPSA) is 101 Å². The third kappa shape index (κ3) is 6.71. The van der Waals surface area contributed by atoms with Crippen molar-refractivity contribution in [2.75, 3.05) is 18.5 Å². The van der Waals surface area contributed by atoms with Crippen LogP contribution in [0.4, 0.5) is 10.5 Å². The average Bonchev–Trinajstić information content (AvgIpc) is 2.42. The van der Waals surface area contributed by atoms with Gasteiger partial charge >= 0.3 is 12.0 Å². The Labute approximate surface area is 123 Å². The van der Waals surface area contributed by atoms with Crippen LogP contribution in [0.2, 0.25) is 0 Å².